The van der Waals surface area contributed by atoms with Crippen LogP contribution in [0.1, 0.15) is 13.8 Å². The Morgan fingerprint density at radius 3 is 1.46 bits per heavy atom. The first kappa shape index (κ1) is 18.0. The summed E-state index contributed by atoms with van der Waals surface area (Å²) >= 11 is 0. The lowest BCUT2D eigenvalue weighted by Crippen LogP contribution is -2.09. The first-order valence-electron chi connectivity index (χ1n) is 8.00. The van der Waals surface area contributed by atoms with Crippen molar-refractivity contribution < 1.29 is 38.6 Å². The van der Waals surface area contributed by atoms with E-state index in [0.29, 0.717) is 34.5 Å². The zero-order chi connectivity index (χ0) is 18.5. The summed E-state index contributed by atoms with van der Waals surface area (Å²) in [5.41, 5.74) is 0. The van der Waals surface area contributed by atoms with Gasteiger partial charge in [0.05, 0.1) is 0 Å². The Morgan fingerprint density at radius 1 is 0.692 bits per heavy atom. The van der Waals surface area contributed by atoms with Crippen molar-refractivity contribution in [3.8, 4) is 34.5 Å². The molecule has 2 N–H and O–H groups in total. The minimum atomic E-state index is -0.819. The molecule has 0 fully saturated rings. The zero-order valence-electron chi connectivity index (χ0n) is 14.4. The number of fused-ring (bicyclic) bond motifs is 2. The molecule has 8 nitrogen and oxygen atoms in total. The highest BCUT2D eigenvalue weighted by Gasteiger charge is 2.15. The maximum atomic E-state index is 8.96. The molecule has 0 spiro atoms. The lowest BCUT2D eigenvalue weighted by molar-refractivity contribution is -0.000992. The van der Waals surface area contributed by atoms with Crippen LogP contribution in [0.2, 0.25) is 0 Å². The van der Waals surface area contributed by atoms with E-state index in [1.54, 1.807) is 50.2 Å². The molecule has 2 aromatic carbocycles. The van der Waals surface area contributed by atoms with E-state index in [-0.39, 0.29) is 13.6 Å². The summed E-state index contributed by atoms with van der Waals surface area (Å²) in [6.07, 6.45) is -1.64. The minimum Gasteiger partial charge on any atom is -0.465 e. The van der Waals surface area contributed by atoms with Crippen molar-refractivity contribution in [3.63, 3.8) is 0 Å². The second-order valence-electron chi connectivity index (χ2n) is 5.46. The molecule has 8 heteroatoms. The largest absolute Gasteiger partial charge is 0.465 e. The number of aliphatic hydroxyl groups is 2. The van der Waals surface area contributed by atoms with Crippen molar-refractivity contribution in [3.05, 3.63) is 36.4 Å². The van der Waals surface area contributed by atoms with Crippen LogP contribution in [-0.4, -0.2) is 36.4 Å². The smallest absolute Gasteiger partial charge is 0.231 e. The Balaban J connectivity index is 0.000000151. The van der Waals surface area contributed by atoms with Crippen molar-refractivity contribution in [2.45, 2.75) is 26.4 Å². The van der Waals surface area contributed by atoms with Gasteiger partial charge in [-0.3, -0.25) is 0 Å². The van der Waals surface area contributed by atoms with E-state index in [4.69, 9.17) is 38.6 Å². The molecule has 0 saturated carbocycles. The molecule has 140 valence electrons. The molecular weight excluding hydrogens is 344 g/mol. The molecule has 0 amide bonds. The lowest BCUT2D eigenvalue weighted by atomic mass is 10.3. The van der Waals surface area contributed by atoms with Crippen molar-refractivity contribution in [2.24, 2.45) is 0 Å². The molecule has 2 aliphatic heterocycles. The number of benzene rings is 2. The topological polar surface area (TPSA) is 95.8 Å². The van der Waals surface area contributed by atoms with Crippen LogP contribution < -0.4 is 28.4 Å². The summed E-state index contributed by atoms with van der Waals surface area (Å²) in [7, 11) is 0. The Hall–Kier alpha value is -2.84. The van der Waals surface area contributed by atoms with Crippen LogP contribution in [0, 0.1) is 0 Å². The van der Waals surface area contributed by atoms with Crippen molar-refractivity contribution in [1.82, 2.24) is 0 Å². The highest BCUT2D eigenvalue weighted by atomic mass is 16.7. The summed E-state index contributed by atoms with van der Waals surface area (Å²) in [6, 6.07) is 10.3. The van der Waals surface area contributed by atoms with Crippen LogP contribution >= 0.6 is 0 Å². The molecule has 0 aromatic heterocycles. The van der Waals surface area contributed by atoms with Crippen LogP contribution in [0.5, 0.6) is 34.5 Å². The van der Waals surface area contributed by atoms with Gasteiger partial charge in [-0.25, -0.2) is 0 Å². The maximum Gasteiger partial charge on any atom is 0.231 e. The van der Waals surface area contributed by atoms with E-state index < -0.39 is 12.6 Å². The van der Waals surface area contributed by atoms with Gasteiger partial charge < -0.3 is 38.6 Å². The van der Waals surface area contributed by atoms with Crippen LogP contribution in [0.15, 0.2) is 36.4 Å². The summed E-state index contributed by atoms with van der Waals surface area (Å²) < 4.78 is 30.6. The number of hydrogen-bond acceptors (Lipinski definition) is 8. The van der Waals surface area contributed by atoms with Gasteiger partial charge in [0.1, 0.15) is 11.5 Å². The van der Waals surface area contributed by atoms with Gasteiger partial charge >= 0.3 is 0 Å². The molecule has 0 saturated heterocycles. The summed E-state index contributed by atoms with van der Waals surface area (Å²) in [5.74, 6) is 3.85. The molecule has 2 heterocycles. The third-order valence-corrected chi connectivity index (χ3v) is 3.30. The number of ether oxygens (including phenoxy) is 6. The molecule has 2 atom stereocenters. The van der Waals surface area contributed by atoms with E-state index in [0.717, 1.165) is 0 Å². The monoisotopic (exact) mass is 364 g/mol. The average molecular weight is 364 g/mol. The van der Waals surface area contributed by atoms with Crippen LogP contribution in [0.3, 0.4) is 0 Å². The van der Waals surface area contributed by atoms with Gasteiger partial charge in [0.15, 0.2) is 35.6 Å². The van der Waals surface area contributed by atoms with Crippen LogP contribution in [0.25, 0.3) is 0 Å². The Labute approximate surface area is 150 Å². The maximum absolute atomic E-state index is 8.96. The molecule has 0 radical (unpaired) electrons. The summed E-state index contributed by atoms with van der Waals surface area (Å²) in [6.45, 7) is 3.58. The number of aliphatic hydroxyl groups excluding tert-OH is 2. The molecule has 0 bridgehead atoms. The average Bonchev–Trinajstić information content (AvgIpc) is 3.22. The normalized spacial score (nSPS) is 15.5. The third-order valence-electron chi connectivity index (χ3n) is 3.30. The Kier molecular flexibility index (Phi) is 5.55. The highest BCUT2D eigenvalue weighted by Crippen LogP contribution is 2.36. The molecule has 0 aliphatic carbocycles. The second-order valence-corrected chi connectivity index (χ2v) is 5.46. The SMILES string of the molecule is CC(O)Oc1ccc2c(c1)OCO2.CC(O)Oc1ccc2c(c1)OCO2. The molecule has 2 aromatic rings. The Bertz CT molecular complexity index is 680. The lowest BCUT2D eigenvalue weighted by Gasteiger charge is -2.08. The number of rotatable bonds is 4. The van der Waals surface area contributed by atoms with Gasteiger partial charge in [-0.05, 0) is 38.1 Å². The third kappa shape index (κ3) is 4.62. The van der Waals surface area contributed by atoms with Crippen LogP contribution in [0.4, 0.5) is 0 Å². The highest BCUT2D eigenvalue weighted by molar-refractivity contribution is 5.47. The standard InChI is InChI=1S/2C9H10O4/c2*1-6(10)13-7-2-3-8-9(4-7)12-5-11-8/h2*2-4,6,10H,5H2,1H3. The molecule has 26 heavy (non-hydrogen) atoms. The van der Waals surface area contributed by atoms with E-state index in [2.05, 4.69) is 0 Å². The predicted octanol–water partition coefficient (Wildman–Crippen LogP) is 2.26. The van der Waals surface area contributed by atoms with E-state index >= 15 is 0 Å². The number of hydrogen-bond donors (Lipinski definition) is 2. The van der Waals surface area contributed by atoms with Crippen LogP contribution in [-0.2, 0) is 0 Å². The summed E-state index contributed by atoms with van der Waals surface area (Å²) in [5, 5.41) is 17.9. The Morgan fingerprint density at radius 2 is 1.08 bits per heavy atom. The molecular formula is C18H20O8. The van der Waals surface area contributed by atoms with Crippen molar-refractivity contribution in [2.75, 3.05) is 13.6 Å². The molecule has 2 unspecified atom stereocenters. The fourth-order valence-corrected chi connectivity index (χ4v) is 2.29. The van der Waals surface area contributed by atoms with Crippen molar-refractivity contribution in [1.29, 1.82) is 0 Å². The first-order chi connectivity index (χ1) is 12.5. The van der Waals surface area contributed by atoms with E-state index in [1.165, 1.54) is 0 Å². The fourth-order valence-electron chi connectivity index (χ4n) is 2.29. The quantitative estimate of drug-likeness (QED) is 0.798. The minimum absolute atomic E-state index is 0.244. The fraction of sp³-hybridized carbons (Fsp3) is 0.333. The predicted molar refractivity (Wildman–Crippen MR) is 89.7 cm³/mol. The van der Waals surface area contributed by atoms with Gasteiger partial charge in [0.25, 0.3) is 0 Å². The van der Waals surface area contributed by atoms with E-state index in [1.807, 2.05) is 0 Å². The summed E-state index contributed by atoms with van der Waals surface area (Å²) in [4.78, 5) is 0. The van der Waals surface area contributed by atoms with Gasteiger partial charge in [0.2, 0.25) is 13.6 Å². The zero-order valence-corrected chi connectivity index (χ0v) is 14.4. The second kappa shape index (κ2) is 8.03. The molecule has 2 aliphatic rings. The van der Waals surface area contributed by atoms with Gasteiger partial charge in [-0.15, -0.1) is 0 Å². The van der Waals surface area contributed by atoms with Gasteiger partial charge in [-0.1, -0.05) is 0 Å². The van der Waals surface area contributed by atoms with E-state index in [9.17, 15) is 0 Å². The van der Waals surface area contributed by atoms with Gasteiger partial charge in [0, 0.05) is 12.1 Å². The first-order valence-corrected chi connectivity index (χ1v) is 8.00. The van der Waals surface area contributed by atoms with Gasteiger partial charge in [-0.2, -0.15) is 0 Å². The molecule has 4 rings (SSSR count). The van der Waals surface area contributed by atoms with Crippen molar-refractivity contribution >= 4 is 0 Å².